The normalized spacial score (nSPS) is 22.3. The van der Waals surface area contributed by atoms with Crippen molar-refractivity contribution in [3.05, 3.63) is 28.7 Å². The lowest BCUT2D eigenvalue weighted by atomic mass is 10.2. The average Bonchev–Trinajstić information content (AvgIpc) is 3.09. The first-order valence-corrected chi connectivity index (χ1v) is 9.03. The quantitative estimate of drug-likeness (QED) is 0.782. The summed E-state index contributed by atoms with van der Waals surface area (Å²) in [4.78, 5) is 16.6. The number of nitrogens with zero attached hydrogens (tertiary/aromatic N) is 2. The van der Waals surface area contributed by atoms with Crippen molar-refractivity contribution < 1.29 is 14.3 Å². The van der Waals surface area contributed by atoms with E-state index in [1.54, 1.807) is 0 Å². The van der Waals surface area contributed by atoms with E-state index in [2.05, 4.69) is 20.8 Å². The Morgan fingerprint density at radius 3 is 2.83 bits per heavy atom. The van der Waals surface area contributed by atoms with Crippen LogP contribution in [0.5, 0.6) is 5.75 Å². The maximum Gasteiger partial charge on any atom is 0.251 e. The van der Waals surface area contributed by atoms with E-state index in [1.165, 1.54) is 0 Å². The SMILES string of the molecule is O=C(C1CCCO1)N1CCN(CCOc2cccc(Br)c2)CC1. The van der Waals surface area contributed by atoms with Crippen LogP contribution < -0.4 is 4.74 Å². The Labute approximate surface area is 145 Å². The largest absolute Gasteiger partial charge is 0.492 e. The zero-order valence-electron chi connectivity index (χ0n) is 13.2. The number of carbonyl (C=O) groups is 1. The van der Waals surface area contributed by atoms with E-state index in [9.17, 15) is 4.79 Å². The van der Waals surface area contributed by atoms with Crippen LogP contribution in [0.25, 0.3) is 0 Å². The molecule has 1 aromatic rings. The van der Waals surface area contributed by atoms with Crippen LogP contribution in [0, 0.1) is 0 Å². The number of carbonyl (C=O) groups excluding carboxylic acids is 1. The summed E-state index contributed by atoms with van der Waals surface area (Å²) in [5.74, 6) is 1.05. The van der Waals surface area contributed by atoms with Crippen LogP contribution in [-0.4, -0.2) is 67.7 Å². The van der Waals surface area contributed by atoms with Crippen LogP contribution in [0.1, 0.15) is 12.8 Å². The van der Waals surface area contributed by atoms with Gasteiger partial charge < -0.3 is 14.4 Å². The Kier molecular flexibility index (Phi) is 5.91. The molecule has 0 saturated carbocycles. The first kappa shape index (κ1) is 16.7. The number of halogens is 1. The third kappa shape index (κ3) is 4.68. The van der Waals surface area contributed by atoms with Gasteiger partial charge in [-0.1, -0.05) is 22.0 Å². The molecule has 1 aromatic carbocycles. The topological polar surface area (TPSA) is 42.0 Å². The van der Waals surface area contributed by atoms with Crippen LogP contribution in [0.3, 0.4) is 0 Å². The molecule has 0 N–H and O–H groups in total. The highest BCUT2D eigenvalue weighted by Gasteiger charge is 2.30. The summed E-state index contributed by atoms with van der Waals surface area (Å²) < 4.78 is 12.3. The molecule has 0 aromatic heterocycles. The van der Waals surface area contributed by atoms with Gasteiger partial charge in [-0.05, 0) is 31.0 Å². The van der Waals surface area contributed by atoms with Gasteiger partial charge >= 0.3 is 0 Å². The summed E-state index contributed by atoms with van der Waals surface area (Å²) in [6, 6.07) is 7.88. The molecule has 2 saturated heterocycles. The lowest BCUT2D eigenvalue weighted by molar-refractivity contribution is -0.142. The number of rotatable bonds is 5. The zero-order valence-corrected chi connectivity index (χ0v) is 14.8. The van der Waals surface area contributed by atoms with E-state index < -0.39 is 0 Å². The van der Waals surface area contributed by atoms with E-state index in [0.29, 0.717) is 6.61 Å². The van der Waals surface area contributed by atoms with Crippen LogP contribution >= 0.6 is 15.9 Å². The smallest absolute Gasteiger partial charge is 0.251 e. The van der Waals surface area contributed by atoms with Gasteiger partial charge in [0.2, 0.25) is 0 Å². The third-order valence-electron chi connectivity index (χ3n) is 4.36. The molecule has 3 rings (SSSR count). The van der Waals surface area contributed by atoms with Gasteiger partial charge in [0.1, 0.15) is 18.5 Å². The second kappa shape index (κ2) is 8.13. The minimum absolute atomic E-state index is 0.174. The summed E-state index contributed by atoms with van der Waals surface area (Å²) >= 11 is 3.44. The lowest BCUT2D eigenvalue weighted by Crippen LogP contribution is -2.52. The van der Waals surface area contributed by atoms with Gasteiger partial charge in [-0.2, -0.15) is 0 Å². The first-order valence-electron chi connectivity index (χ1n) is 8.23. The highest BCUT2D eigenvalue weighted by molar-refractivity contribution is 9.10. The number of hydrogen-bond donors (Lipinski definition) is 0. The van der Waals surface area contributed by atoms with Crippen molar-refractivity contribution in [3.8, 4) is 5.75 Å². The molecule has 2 heterocycles. The summed E-state index contributed by atoms with van der Waals surface area (Å²) in [5, 5.41) is 0. The number of ether oxygens (including phenoxy) is 2. The fraction of sp³-hybridized carbons (Fsp3) is 0.588. The van der Waals surface area contributed by atoms with E-state index in [0.717, 1.165) is 62.4 Å². The highest BCUT2D eigenvalue weighted by atomic mass is 79.9. The van der Waals surface area contributed by atoms with Crippen molar-refractivity contribution in [3.63, 3.8) is 0 Å². The van der Waals surface area contributed by atoms with Gasteiger partial charge in [-0.3, -0.25) is 9.69 Å². The predicted molar refractivity (Wildman–Crippen MR) is 91.6 cm³/mol. The molecule has 1 amide bonds. The van der Waals surface area contributed by atoms with E-state index in [4.69, 9.17) is 9.47 Å². The van der Waals surface area contributed by atoms with Gasteiger partial charge in [0.05, 0.1) is 0 Å². The predicted octanol–water partition coefficient (Wildman–Crippen LogP) is 2.15. The second-order valence-electron chi connectivity index (χ2n) is 5.97. The Balaban J connectivity index is 1.36. The Morgan fingerprint density at radius 2 is 2.13 bits per heavy atom. The average molecular weight is 383 g/mol. The molecule has 23 heavy (non-hydrogen) atoms. The van der Waals surface area contributed by atoms with Crippen molar-refractivity contribution in [2.24, 2.45) is 0 Å². The monoisotopic (exact) mass is 382 g/mol. The molecule has 2 aliphatic rings. The summed E-state index contributed by atoms with van der Waals surface area (Å²) in [6.45, 7) is 5.65. The van der Waals surface area contributed by atoms with Crippen LogP contribution in [-0.2, 0) is 9.53 Å². The van der Waals surface area contributed by atoms with Gasteiger partial charge in [0.25, 0.3) is 5.91 Å². The minimum Gasteiger partial charge on any atom is -0.492 e. The van der Waals surface area contributed by atoms with Gasteiger partial charge in [-0.15, -0.1) is 0 Å². The molecule has 5 nitrogen and oxygen atoms in total. The molecule has 0 spiro atoms. The van der Waals surface area contributed by atoms with Crippen molar-refractivity contribution in [2.75, 3.05) is 45.9 Å². The fourth-order valence-electron chi connectivity index (χ4n) is 3.02. The molecule has 1 unspecified atom stereocenters. The number of piperazine rings is 1. The zero-order chi connectivity index (χ0) is 16.1. The van der Waals surface area contributed by atoms with Crippen LogP contribution in [0.2, 0.25) is 0 Å². The van der Waals surface area contributed by atoms with E-state index in [1.807, 2.05) is 29.2 Å². The van der Waals surface area contributed by atoms with Gasteiger partial charge in [0, 0.05) is 43.8 Å². The molecule has 6 heteroatoms. The van der Waals surface area contributed by atoms with E-state index >= 15 is 0 Å². The van der Waals surface area contributed by atoms with Crippen molar-refractivity contribution in [2.45, 2.75) is 18.9 Å². The maximum atomic E-state index is 12.3. The maximum absolute atomic E-state index is 12.3. The van der Waals surface area contributed by atoms with Gasteiger partial charge in [-0.25, -0.2) is 0 Å². The van der Waals surface area contributed by atoms with E-state index in [-0.39, 0.29) is 12.0 Å². The molecule has 0 bridgehead atoms. The molecular formula is C17H23BrN2O3. The lowest BCUT2D eigenvalue weighted by Gasteiger charge is -2.35. The minimum atomic E-state index is -0.193. The first-order chi connectivity index (χ1) is 11.2. The standard InChI is InChI=1S/C17H23BrN2O3/c18-14-3-1-4-15(13-14)22-12-10-19-6-8-20(9-7-19)17(21)16-5-2-11-23-16/h1,3-4,13,16H,2,5-12H2. The summed E-state index contributed by atoms with van der Waals surface area (Å²) in [7, 11) is 0. The number of hydrogen-bond acceptors (Lipinski definition) is 4. The van der Waals surface area contributed by atoms with Crippen molar-refractivity contribution in [1.29, 1.82) is 0 Å². The molecule has 0 radical (unpaired) electrons. The summed E-state index contributed by atoms with van der Waals surface area (Å²) in [6.07, 6.45) is 1.68. The molecule has 1 atom stereocenters. The highest BCUT2D eigenvalue weighted by Crippen LogP contribution is 2.18. The Morgan fingerprint density at radius 1 is 1.30 bits per heavy atom. The molecule has 2 fully saturated rings. The molecule has 126 valence electrons. The molecule has 2 aliphatic heterocycles. The fourth-order valence-corrected chi connectivity index (χ4v) is 3.40. The van der Waals surface area contributed by atoms with Crippen LogP contribution in [0.4, 0.5) is 0 Å². The molecular weight excluding hydrogens is 360 g/mol. The third-order valence-corrected chi connectivity index (χ3v) is 4.85. The molecule has 0 aliphatic carbocycles. The summed E-state index contributed by atoms with van der Waals surface area (Å²) in [5.41, 5.74) is 0. The van der Waals surface area contributed by atoms with Crippen molar-refractivity contribution in [1.82, 2.24) is 9.80 Å². The Bertz CT molecular complexity index is 526. The van der Waals surface area contributed by atoms with Crippen molar-refractivity contribution >= 4 is 21.8 Å². The van der Waals surface area contributed by atoms with Crippen LogP contribution in [0.15, 0.2) is 28.7 Å². The number of amides is 1. The Hall–Kier alpha value is -1.11. The second-order valence-corrected chi connectivity index (χ2v) is 6.89. The number of benzene rings is 1. The van der Waals surface area contributed by atoms with Gasteiger partial charge in [0.15, 0.2) is 0 Å².